The van der Waals surface area contributed by atoms with Crippen LogP contribution in [0.25, 0.3) is 0 Å². The molecule has 1 unspecified atom stereocenters. The quantitative estimate of drug-likeness (QED) is 0.322. The molecule has 0 aromatic heterocycles. The van der Waals surface area contributed by atoms with Crippen LogP contribution in [-0.2, 0) is 32.5 Å². The van der Waals surface area contributed by atoms with Crippen molar-refractivity contribution in [3.05, 3.63) is 0 Å². The molecular formula is C3H9AuNaO4S2. The Kier molecular flexibility index (Phi) is 14.5. The molecule has 1 atom stereocenters. The number of thiol groups is 1. The van der Waals surface area contributed by atoms with E-state index in [1.807, 2.05) is 0 Å². The van der Waals surface area contributed by atoms with Gasteiger partial charge in [-0.15, -0.1) is 0 Å². The summed E-state index contributed by atoms with van der Waals surface area (Å²) >= 11 is 3.66. The number of hydrogen-bond acceptors (Lipinski definition) is 4. The second kappa shape index (κ2) is 8.55. The van der Waals surface area contributed by atoms with Crippen molar-refractivity contribution in [1.82, 2.24) is 0 Å². The fourth-order valence-corrected chi connectivity index (χ4v) is 1.09. The van der Waals surface area contributed by atoms with Crippen molar-refractivity contribution in [3.8, 4) is 0 Å². The summed E-state index contributed by atoms with van der Waals surface area (Å²) in [6, 6.07) is 0. The maximum atomic E-state index is 9.99. The summed E-state index contributed by atoms with van der Waals surface area (Å²) in [7, 11) is -4.26. The van der Waals surface area contributed by atoms with Gasteiger partial charge in [0.05, 0.1) is 0 Å². The first-order valence-electron chi connectivity index (χ1n) is 2.23. The van der Waals surface area contributed by atoms with Crippen molar-refractivity contribution >= 4 is 52.3 Å². The number of aliphatic hydroxyl groups is 1. The van der Waals surface area contributed by atoms with Gasteiger partial charge in [0, 0.05) is 22.4 Å². The molecule has 0 heterocycles. The second-order valence-electron chi connectivity index (χ2n) is 1.48. The van der Waals surface area contributed by atoms with E-state index >= 15 is 0 Å². The van der Waals surface area contributed by atoms with Gasteiger partial charge >= 0.3 is 29.6 Å². The van der Waals surface area contributed by atoms with Gasteiger partial charge in [-0.2, -0.15) is 21.0 Å². The molecule has 69 valence electrons. The monoisotopic (exact) mass is 393 g/mol. The molecule has 0 aliphatic heterocycles. The molecule has 11 heavy (non-hydrogen) atoms. The van der Waals surface area contributed by atoms with E-state index in [1.165, 1.54) is 0 Å². The Morgan fingerprint density at radius 1 is 1.45 bits per heavy atom. The first kappa shape index (κ1) is 18.7. The van der Waals surface area contributed by atoms with Crippen LogP contribution in [0.4, 0.5) is 0 Å². The molecule has 1 radical (unpaired) electrons. The summed E-state index contributed by atoms with van der Waals surface area (Å²) in [6.45, 7) is 0. The van der Waals surface area contributed by atoms with E-state index in [4.69, 9.17) is 9.66 Å². The molecule has 2 N–H and O–H groups in total. The molecule has 0 bridgehead atoms. The number of hydrogen-bond donors (Lipinski definition) is 3. The predicted octanol–water partition coefficient (Wildman–Crippen LogP) is -1.14. The molecule has 0 saturated heterocycles. The average molecular weight is 393 g/mol. The van der Waals surface area contributed by atoms with Gasteiger partial charge < -0.3 is 5.11 Å². The fraction of sp³-hybridized carbons (Fsp3) is 1.00. The normalized spacial score (nSPS) is 12.6. The third-order valence-corrected chi connectivity index (χ3v) is 1.90. The molecule has 0 amide bonds. The Labute approximate surface area is 109 Å². The standard InChI is InChI=1S/C3H8O4S2.Au.Na.H/c4-3(1-2-8)9(5,6)7;;;/h3-4,8H,1-2H2,(H,5,6,7);;;. The zero-order valence-electron chi connectivity index (χ0n) is 4.86. The predicted molar refractivity (Wildman–Crippen MR) is 43.2 cm³/mol. The van der Waals surface area contributed by atoms with Crippen LogP contribution in [0.15, 0.2) is 0 Å². The SMILES string of the molecule is O=S(=O)(O)C(O)CCS.[Au].[NaH]. The third kappa shape index (κ3) is 9.88. The average Bonchev–Trinajstić information content (AvgIpc) is 1.64. The molecule has 0 rings (SSSR count). The van der Waals surface area contributed by atoms with Gasteiger partial charge in [0.25, 0.3) is 10.1 Å². The second-order valence-corrected chi connectivity index (χ2v) is 3.50. The van der Waals surface area contributed by atoms with Crippen LogP contribution in [0.3, 0.4) is 0 Å². The fourth-order valence-electron chi connectivity index (χ4n) is 0.259. The van der Waals surface area contributed by atoms with E-state index < -0.39 is 15.6 Å². The van der Waals surface area contributed by atoms with Crippen molar-refractivity contribution in [3.63, 3.8) is 0 Å². The molecule has 0 fully saturated rings. The minimum atomic E-state index is -4.26. The summed E-state index contributed by atoms with van der Waals surface area (Å²) < 4.78 is 28.1. The first-order chi connectivity index (χ1) is 3.98. The Morgan fingerprint density at radius 3 is 1.91 bits per heavy atom. The molecule has 0 aliphatic carbocycles. The first-order valence-corrected chi connectivity index (χ1v) is 4.37. The molecule has 0 saturated carbocycles. The Morgan fingerprint density at radius 2 is 1.82 bits per heavy atom. The van der Waals surface area contributed by atoms with Crippen molar-refractivity contribution in [2.75, 3.05) is 5.75 Å². The number of rotatable bonds is 3. The van der Waals surface area contributed by atoms with E-state index in [0.29, 0.717) is 0 Å². The Bertz CT molecular complexity index is 170. The molecule has 8 heteroatoms. The van der Waals surface area contributed by atoms with E-state index in [9.17, 15) is 8.42 Å². The van der Waals surface area contributed by atoms with Crippen LogP contribution >= 0.6 is 12.6 Å². The van der Waals surface area contributed by atoms with Crippen LogP contribution in [0.1, 0.15) is 6.42 Å². The summed E-state index contributed by atoms with van der Waals surface area (Å²) in [4.78, 5) is 0. The molecule has 0 aliphatic rings. The van der Waals surface area contributed by atoms with Crippen LogP contribution in [0.5, 0.6) is 0 Å². The maximum absolute atomic E-state index is 9.99. The topological polar surface area (TPSA) is 74.6 Å². The van der Waals surface area contributed by atoms with Crippen LogP contribution < -0.4 is 0 Å². The Hall–Kier alpha value is 1.96. The van der Waals surface area contributed by atoms with Crippen molar-refractivity contribution in [2.45, 2.75) is 11.9 Å². The van der Waals surface area contributed by atoms with Gasteiger partial charge in [0.15, 0.2) is 5.44 Å². The van der Waals surface area contributed by atoms with Gasteiger partial charge in [-0.3, -0.25) is 4.55 Å². The van der Waals surface area contributed by atoms with Crippen LogP contribution in [0.2, 0.25) is 0 Å². The van der Waals surface area contributed by atoms with Crippen molar-refractivity contribution in [2.24, 2.45) is 0 Å². The van der Waals surface area contributed by atoms with Crippen LogP contribution in [-0.4, -0.2) is 58.8 Å². The summed E-state index contributed by atoms with van der Waals surface area (Å²) in [5.74, 6) is 0.223. The minimum absolute atomic E-state index is 0. The van der Waals surface area contributed by atoms with Gasteiger partial charge in [-0.25, -0.2) is 0 Å². The van der Waals surface area contributed by atoms with Crippen LogP contribution in [0, 0.1) is 0 Å². The molecule has 4 nitrogen and oxygen atoms in total. The van der Waals surface area contributed by atoms with Gasteiger partial charge in [0.1, 0.15) is 0 Å². The van der Waals surface area contributed by atoms with Crippen molar-refractivity contribution in [1.29, 1.82) is 0 Å². The zero-order chi connectivity index (χ0) is 7.49. The van der Waals surface area contributed by atoms with Gasteiger partial charge in [0.2, 0.25) is 0 Å². The van der Waals surface area contributed by atoms with E-state index in [1.54, 1.807) is 0 Å². The van der Waals surface area contributed by atoms with Crippen molar-refractivity contribution < 1.29 is 40.5 Å². The van der Waals surface area contributed by atoms with Gasteiger partial charge in [-0.05, 0) is 12.2 Å². The van der Waals surface area contributed by atoms with E-state index in [0.717, 1.165) is 0 Å². The molecular weight excluding hydrogens is 384 g/mol. The third-order valence-electron chi connectivity index (χ3n) is 0.720. The summed E-state index contributed by atoms with van der Waals surface area (Å²) in [6.07, 6.45) is -0.0536. The molecule has 0 spiro atoms. The number of aliphatic hydroxyl groups excluding tert-OH is 1. The van der Waals surface area contributed by atoms with Gasteiger partial charge in [-0.1, -0.05) is 0 Å². The Balaban J connectivity index is -0.000000320. The summed E-state index contributed by atoms with van der Waals surface area (Å²) in [5.41, 5.74) is -1.69. The zero-order valence-corrected chi connectivity index (χ0v) is 8.74. The van der Waals surface area contributed by atoms with E-state index in [-0.39, 0.29) is 64.1 Å². The molecule has 0 aromatic carbocycles. The molecule has 0 aromatic rings. The van der Waals surface area contributed by atoms with E-state index in [2.05, 4.69) is 12.6 Å². The summed E-state index contributed by atoms with van der Waals surface area (Å²) in [5, 5.41) is 8.50.